The summed E-state index contributed by atoms with van der Waals surface area (Å²) in [7, 11) is 4.78. The average Bonchev–Trinajstić information content (AvgIpc) is 2.78. The normalized spacial score (nSPS) is 45.6. The van der Waals surface area contributed by atoms with E-state index in [1.165, 1.54) is 6.92 Å². The van der Waals surface area contributed by atoms with Gasteiger partial charge in [0.25, 0.3) is 0 Å². The lowest BCUT2D eigenvalue weighted by molar-refractivity contribution is -0.334. The number of rotatable bonds is 8. The molecule has 0 aromatic heterocycles. The fraction of sp³-hybridized carbons (Fsp3) is 0.957. The molecule has 11 nitrogen and oxygen atoms in total. The quantitative estimate of drug-likeness (QED) is 0.491. The van der Waals surface area contributed by atoms with E-state index in [1.54, 1.807) is 21.3 Å². The minimum Gasteiger partial charge on any atom is -0.457 e. The van der Waals surface area contributed by atoms with Crippen molar-refractivity contribution in [1.29, 1.82) is 0 Å². The van der Waals surface area contributed by atoms with Crippen molar-refractivity contribution in [3.05, 3.63) is 0 Å². The molecule has 0 amide bonds. The lowest BCUT2D eigenvalue weighted by atomic mass is 9.99. The van der Waals surface area contributed by atoms with Crippen molar-refractivity contribution in [2.45, 2.75) is 121 Å². The topological polar surface area (TPSA) is 120 Å². The van der Waals surface area contributed by atoms with Crippen LogP contribution in [-0.2, 0) is 47.4 Å². The van der Waals surface area contributed by atoms with Crippen LogP contribution in [0.25, 0.3) is 0 Å². The minimum absolute atomic E-state index is 0.314. The van der Waals surface area contributed by atoms with E-state index in [0.29, 0.717) is 19.3 Å². The van der Waals surface area contributed by atoms with E-state index in [0.717, 1.165) is 0 Å². The number of carbonyl (C=O) groups is 1. The van der Waals surface area contributed by atoms with Gasteiger partial charge in [0.05, 0.1) is 30.5 Å². The van der Waals surface area contributed by atoms with Gasteiger partial charge in [-0.25, -0.2) is 0 Å². The Hall–Kier alpha value is -0.890. The lowest BCUT2D eigenvalue weighted by Crippen LogP contribution is -2.57. The molecule has 0 spiro atoms. The van der Waals surface area contributed by atoms with Gasteiger partial charge in [0.2, 0.25) is 0 Å². The highest BCUT2D eigenvalue weighted by Crippen LogP contribution is 2.33. The van der Waals surface area contributed by atoms with Crippen LogP contribution < -0.4 is 0 Å². The van der Waals surface area contributed by atoms with Crippen molar-refractivity contribution in [2.24, 2.45) is 0 Å². The maximum Gasteiger partial charge on any atom is 0.303 e. The van der Waals surface area contributed by atoms with Crippen molar-refractivity contribution >= 4 is 5.97 Å². The van der Waals surface area contributed by atoms with E-state index >= 15 is 0 Å². The van der Waals surface area contributed by atoms with E-state index in [4.69, 9.17) is 42.6 Å². The van der Waals surface area contributed by atoms with Gasteiger partial charge in [0.1, 0.15) is 18.3 Å². The third kappa shape index (κ3) is 6.65. The summed E-state index contributed by atoms with van der Waals surface area (Å²) in [6.07, 6.45) is -4.32. The van der Waals surface area contributed by atoms with Crippen LogP contribution in [0.15, 0.2) is 0 Å². The molecular formula is C23H40O11. The summed E-state index contributed by atoms with van der Waals surface area (Å²) in [5.41, 5.74) is 0. The van der Waals surface area contributed by atoms with Gasteiger partial charge < -0.3 is 47.7 Å². The van der Waals surface area contributed by atoms with Crippen LogP contribution in [0.5, 0.6) is 0 Å². The molecule has 3 rings (SSSR count). The number of aliphatic hydroxyl groups excluding tert-OH is 1. The first-order valence-corrected chi connectivity index (χ1v) is 11.9. The summed E-state index contributed by atoms with van der Waals surface area (Å²) in [4.78, 5) is 11.5. The molecule has 3 saturated heterocycles. The van der Waals surface area contributed by atoms with Crippen LogP contribution in [0.3, 0.4) is 0 Å². The molecule has 1 N–H and O–H groups in total. The number of ether oxygens (including phenoxy) is 9. The zero-order chi connectivity index (χ0) is 25.0. The molecule has 0 bridgehead atoms. The average molecular weight is 493 g/mol. The second kappa shape index (κ2) is 12.4. The van der Waals surface area contributed by atoms with Gasteiger partial charge in [0, 0.05) is 47.5 Å². The Balaban J connectivity index is 1.61. The van der Waals surface area contributed by atoms with Crippen LogP contribution in [0.1, 0.15) is 47.0 Å². The molecule has 0 radical (unpaired) electrons. The maximum atomic E-state index is 11.5. The van der Waals surface area contributed by atoms with Gasteiger partial charge in [-0.05, 0) is 20.8 Å². The molecule has 3 aliphatic heterocycles. The number of carbonyl (C=O) groups excluding carboxylic acids is 1. The molecule has 0 aromatic rings. The molecule has 3 aliphatic rings. The predicted octanol–water partition coefficient (Wildman–Crippen LogP) is 1.13. The van der Waals surface area contributed by atoms with Gasteiger partial charge in [-0.1, -0.05) is 0 Å². The number of hydrogen-bond donors (Lipinski definition) is 1. The Morgan fingerprint density at radius 2 is 1.12 bits per heavy atom. The smallest absolute Gasteiger partial charge is 0.303 e. The third-order valence-corrected chi connectivity index (χ3v) is 6.70. The van der Waals surface area contributed by atoms with Gasteiger partial charge in [0.15, 0.2) is 25.0 Å². The van der Waals surface area contributed by atoms with Crippen LogP contribution in [0.2, 0.25) is 0 Å². The number of esters is 1. The van der Waals surface area contributed by atoms with Gasteiger partial charge in [-0.3, -0.25) is 4.79 Å². The SMILES string of the molecule is CO[C@H]1C[C@H](O[C@@H]2[C@@H](C)O[C@@H](O)C[C@H]2OC)O[C@H](C)[C@H]1O[C@H]1C[C@@H](OC)[C@H](OC(C)=O)[C@@H](C)O1. The van der Waals surface area contributed by atoms with Crippen LogP contribution in [0, 0.1) is 0 Å². The summed E-state index contributed by atoms with van der Waals surface area (Å²) in [5, 5.41) is 9.86. The number of aliphatic hydroxyl groups is 1. The third-order valence-electron chi connectivity index (χ3n) is 6.70. The van der Waals surface area contributed by atoms with Crippen molar-refractivity contribution in [1.82, 2.24) is 0 Å². The van der Waals surface area contributed by atoms with Gasteiger partial charge in [-0.15, -0.1) is 0 Å². The maximum absolute atomic E-state index is 11.5. The van der Waals surface area contributed by atoms with Crippen molar-refractivity contribution in [3.63, 3.8) is 0 Å². The summed E-state index contributed by atoms with van der Waals surface area (Å²) < 4.78 is 52.4. The molecule has 3 heterocycles. The Morgan fingerprint density at radius 3 is 1.59 bits per heavy atom. The highest BCUT2D eigenvalue weighted by Gasteiger charge is 2.46. The Kier molecular flexibility index (Phi) is 10.1. The second-order valence-corrected chi connectivity index (χ2v) is 9.14. The molecule has 34 heavy (non-hydrogen) atoms. The highest BCUT2D eigenvalue weighted by atomic mass is 16.7. The Morgan fingerprint density at radius 1 is 0.706 bits per heavy atom. The van der Waals surface area contributed by atoms with Crippen molar-refractivity contribution in [2.75, 3.05) is 21.3 Å². The van der Waals surface area contributed by atoms with E-state index in [-0.39, 0.29) is 36.5 Å². The highest BCUT2D eigenvalue weighted by molar-refractivity contribution is 5.66. The molecule has 3 fully saturated rings. The largest absolute Gasteiger partial charge is 0.457 e. The zero-order valence-electron chi connectivity index (χ0n) is 21.1. The molecule has 11 heteroatoms. The zero-order valence-corrected chi connectivity index (χ0v) is 21.1. The fourth-order valence-corrected chi connectivity index (χ4v) is 4.99. The van der Waals surface area contributed by atoms with Crippen LogP contribution in [0.4, 0.5) is 0 Å². The summed E-state index contributed by atoms with van der Waals surface area (Å²) in [6.45, 7) is 6.92. The van der Waals surface area contributed by atoms with E-state index in [9.17, 15) is 9.90 Å². The molecule has 0 aromatic carbocycles. The summed E-state index contributed by atoms with van der Waals surface area (Å²) >= 11 is 0. The minimum atomic E-state index is -0.884. The molecule has 0 aliphatic carbocycles. The monoisotopic (exact) mass is 492 g/mol. The first-order chi connectivity index (χ1) is 16.2. The van der Waals surface area contributed by atoms with E-state index in [1.807, 2.05) is 20.8 Å². The van der Waals surface area contributed by atoms with Crippen LogP contribution >= 0.6 is 0 Å². The van der Waals surface area contributed by atoms with Crippen molar-refractivity contribution < 1.29 is 52.5 Å². The van der Waals surface area contributed by atoms with E-state index in [2.05, 4.69) is 0 Å². The molecular weight excluding hydrogens is 452 g/mol. The van der Waals surface area contributed by atoms with Gasteiger partial charge >= 0.3 is 5.97 Å². The molecule has 0 unspecified atom stereocenters. The Bertz CT molecular complexity index is 648. The predicted molar refractivity (Wildman–Crippen MR) is 117 cm³/mol. The second-order valence-electron chi connectivity index (χ2n) is 9.14. The molecule has 0 saturated carbocycles. The van der Waals surface area contributed by atoms with Crippen molar-refractivity contribution in [3.8, 4) is 0 Å². The number of hydrogen-bond acceptors (Lipinski definition) is 11. The first kappa shape index (κ1) is 27.7. The van der Waals surface area contributed by atoms with Gasteiger partial charge in [-0.2, -0.15) is 0 Å². The summed E-state index contributed by atoms with van der Waals surface area (Å²) in [6, 6.07) is 0. The van der Waals surface area contributed by atoms with Crippen LogP contribution in [-0.4, -0.2) is 106 Å². The molecule has 198 valence electrons. The van der Waals surface area contributed by atoms with E-state index < -0.39 is 43.3 Å². The first-order valence-electron chi connectivity index (χ1n) is 11.9. The summed E-state index contributed by atoms with van der Waals surface area (Å²) in [5.74, 6) is -0.385. The molecule has 12 atom stereocenters. The Labute approximate surface area is 201 Å². The lowest BCUT2D eigenvalue weighted by Gasteiger charge is -2.45. The standard InChI is InChI=1S/C23H40O11/c1-11-22(15(26-5)8-18(25)29-11)33-20-10-17(28-7)23(13(3)31-20)34-19-9-16(27-6)21(12(2)30-19)32-14(4)24/h11-13,15-23,25H,8-10H2,1-7H3/t11-,12-,13-,15-,16-,17+,18-,19+,20+,21-,22-,23-/m1/s1. The number of methoxy groups -OCH3 is 3. The fourth-order valence-electron chi connectivity index (χ4n) is 4.99.